The van der Waals surface area contributed by atoms with E-state index in [9.17, 15) is 15.0 Å². The van der Waals surface area contributed by atoms with Gasteiger partial charge in [0, 0.05) is 38.4 Å². The van der Waals surface area contributed by atoms with Crippen molar-refractivity contribution in [3.8, 4) is 0 Å². The average Bonchev–Trinajstić information content (AvgIpc) is 3.21. The minimum atomic E-state index is -0.363. The Hall–Kier alpha value is -3.17. The Kier molecular flexibility index (Phi) is 5.21. The van der Waals surface area contributed by atoms with E-state index in [0.29, 0.717) is 35.4 Å². The highest BCUT2D eigenvalue weighted by Crippen LogP contribution is 2.29. The van der Waals surface area contributed by atoms with E-state index in [1.807, 2.05) is 29.3 Å². The summed E-state index contributed by atoms with van der Waals surface area (Å²) < 4.78 is 0. The number of nitrogens with zero attached hydrogens (tertiary/aromatic N) is 4. The Labute approximate surface area is 179 Å². The van der Waals surface area contributed by atoms with E-state index < -0.39 is 0 Å². The Morgan fingerprint density at radius 3 is 2.52 bits per heavy atom. The van der Waals surface area contributed by atoms with Crippen LogP contribution in [0.2, 0.25) is 0 Å². The Bertz CT molecular complexity index is 1120. The van der Waals surface area contributed by atoms with Crippen molar-refractivity contribution in [2.45, 2.75) is 31.5 Å². The predicted molar refractivity (Wildman–Crippen MR) is 120 cm³/mol. The number of hydrogen-bond acceptors (Lipinski definition) is 8. The Balaban J connectivity index is 1.44. The summed E-state index contributed by atoms with van der Waals surface area (Å²) in [5.74, 6) is 1.35. The number of β-amino-alcohol motifs (C(OH)–C–C–N with tert-alkyl or cyclic N) is 1. The molecule has 0 amide bonds. The number of hydrogen-bond donors (Lipinski definition) is 4. The predicted octanol–water partition coefficient (Wildman–Crippen LogP) is 1.59. The molecule has 0 spiro atoms. The van der Waals surface area contributed by atoms with Crippen LogP contribution in [0.25, 0.3) is 10.9 Å². The van der Waals surface area contributed by atoms with E-state index in [-0.39, 0.29) is 17.8 Å². The Morgan fingerprint density at radius 2 is 1.81 bits per heavy atom. The minimum Gasteiger partial charge on any atom is -0.393 e. The molecule has 2 saturated heterocycles. The first-order valence-corrected chi connectivity index (χ1v) is 10.7. The van der Waals surface area contributed by atoms with Crippen molar-refractivity contribution in [3.05, 3.63) is 47.0 Å². The molecule has 0 bridgehead atoms. The van der Waals surface area contributed by atoms with Gasteiger partial charge < -0.3 is 30.3 Å². The lowest BCUT2D eigenvalue weighted by molar-refractivity contribution is 0.145. The SMILES string of the molecule is O=c1[nH]ccc2nc(N3CC[C@H](O)C3)cc(Nc3ccc(N4CCC(O)CC4)cn3)c12. The van der Waals surface area contributed by atoms with Crippen LogP contribution in [0.4, 0.5) is 23.0 Å². The quantitative estimate of drug-likeness (QED) is 0.501. The summed E-state index contributed by atoms with van der Waals surface area (Å²) in [6.07, 6.45) is 5.05. The van der Waals surface area contributed by atoms with Gasteiger partial charge >= 0.3 is 0 Å². The molecule has 3 aromatic heterocycles. The average molecular weight is 422 g/mol. The van der Waals surface area contributed by atoms with Crippen molar-refractivity contribution in [3.63, 3.8) is 0 Å². The third-order valence-electron chi connectivity index (χ3n) is 6.04. The van der Waals surface area contributed by atoms with E-state index in [1.165, 1.54) is 0 Å². The van der Waals surface area contributed by atoms with Crippen LogP contribution >= 0.6 is 0 Å². The number of aromatic amines is 1. The van der Waals surface area contributed by atoms with Crippen LogP contribution in [0, 0.1) is 0 Å². The summed E-state index contributed by atoms with van der Waals surface area (Å²) in [6.45, 7) is 2.87. The lowest BCUT2D eigenvalue weighted by Crippen LogP contribution is -2.35. The fourth-order valence-electron chi connectivity index (χ4n) is 4.30. The van der Waals surface area contributed by atoms with Gasteiger partial charge in [-0.1, -0.05) is 0 Å². The van der Waals surface area contributed by atoms with Gasteiger partial charge in [0.05, 0.1) is 40.7 Å². The van der Waals surface area contributed by atoms with Crippen molar-refractivity contribution in [2.75, 3.05) is 41.3 Å². The zero-order chi connectivity index (χ0) is 21.4. The third kappa shape index (κ3) is 4.06. The summed E-state index contributed by atoms with van der Waals surface area (Å²) in [5.41, 5.74) is 2.02. The molecule has 0 unspecified atom stereocenters. The summed E-state index contributed by atoms with van der Waals surface area (Å²) in [6, 6.07) is 7.51. The van der Waals surface area contributed by atoms with Crippen molar-refractivity contribution in [2.24, 2.45) is 0 Å². The van der Waals surface area contributed by atoms with Gasteiger partial charge in [-0.2, -0.15) is 0 Å². The normalized spacial score (nSPS) is 19.9. The molecule has 0 radical (unpaired) electrons. The van der Waals surface area contributed by atoms with E-state index in [1.54, 1.807) is 12.3 Å². The van der Waals surface area contributed by atoms with Gasteiger partial charge in [-0.3, -0.25) is 4.79 Å². The van der Waals surface area contributed by atoms with Crippen LogP contribution < -0.4 is 20.7 Å². The molecular formula is C22H26N6O3. The van der Waals surface area contributed by atoms with Gasteiger partial charge in [0.2, 0.25) is 0 Å². The highest BCUT2D eigenvalue weighted by Gasteiger charge is 2.23. The molecule has 1 atom stereocenters. The van der Waals surface area contributed by atoms with Crippen molar-refractivity contribution in [1.29, 1.82) is 0 Å². The number of piperidine rings is 1. The first kappa shape index (κ1) is 19.8. The van der Waals surface area contributed by atoms with Crippen LogP contribution in [0.15, 0.2) is 41.5 Å². The number of rotatable bonds is 4. The lowest BCUT2D eigenvalue weighted by atomic mass is 10.1. The molecule has 2 fully saturated rings. The topological polar surface area (TPSA) is 118 Å². The van der Waals surface area contributed by atoms with Gasteiger partial charge in [-0.15, -0.1) is 0 Å². The smallest absolute Gasteiger partial charge is 0.259 e. The molecule has 31 heavy (non-hydrogen) atoms. The molecule has 162 valence electrons. The molecule has 4 N–H and O–H groups in total. The second-order valence-corrected chi connectivity index (χ2v) is 8.23. The van der Waals surface area contributed by atoms with Crippen LogP contribution in [-0.4, -0.2) is 63.6 Å². The van der Waals surface area contributed by atoms with Crippen molar-refractivity contribution >= 4 is 33.9 Å². The van der Waals surface area contributed by atoms with Crippen LogP contribution in [0.3, 0.4) is 0 Å². The maximum absolute atomic E-state index is 12.5. The number of aliphatic hydroxyl groups excluding tert-OH is 2. The van der Waals surface area contributed by atoms with Crippen LogP contribution in [0.1, 0.15) is 19.3 Å². The van der Waals surface area contributed by atoms with Gasteiger partial charge in [0.15, 0.2) is 0 Å². The van der Waals surface area contributed by atoms with Gasteiger partial charge in [0.25, 0.3) is 5.56 Å². The molecule has 5 heterocycles. The molecule has 2 aliphatic rings. The highest BCUT2D eigenvalue weighted by molar-refractivity contribution is 5.93. The number of pyridine rings is 3. The first-order chi connectivity index (χ1) is 15.1. The number of aliphatic hydroxyl groups is 2. The van der Waals surface area contributed by atoms with Crippen molar-refractivity contribution < 1.29 is 10.2 Å². The first-order valence-electron chi connectivity index (χ1n) is 10.7. The fraction of sp³-hybridized carbons (Fsp3) is 0.409. The summed E-state index contributed by atoms with van der Waals surface area (Å²) in [4.78, 5) is 28.7. The molecule has 0 saturated carbocycles. The number of nitrogens with one attached hydrogen (secondary N) is 2. The molecule has 9 heteroatoms. The monoisotopic (exact) mass is 422 g/mol. The molecule has 2 aliphatic heterocycles. The maximum atomic E-state index is 12.5. The standard InChI is InChI=1S/C22H26N6O3/c29-15-4-8-27(9-5-15)14-1-2-19(24-12-14)25-18-11-20(28-10-6-16(30)13-28)26-17-3-7-23-22(31)21(17)18/h1-3,7,11-12,15-16,29-30H,4-6,8-10,13H2,(H,23,31)(H,24,25,26)/t16-/m0/s1. The van der Waals surface area contributed by atoms with Crippen LogP contribution in [0.5, 0.6) is 0 Å². The molecular weight excluding hydrogens is 396 g/mol. The molecule has 3 aromatic rings. The second-order valence-electron chi connectivity index (χ2n) is 8.23. The number of fused-ring (bicyclic) bond motifs is 1. The summed E-state index contributed by atoms with van der Waals surface area (Å²) in [7, 11) is 0. The molecule has 5 rings (SSSR count). The van der Waals surface area contributed by atoms with Gasteiger partial charge in [-0.25, -0.2) is 9.97 Å². The van der Waals surface area contributed by atoms with Crippen LogP contribution in [-0.2, 0) is 0 Å². The van der Waals surface area contributed by atoms with Gasteiger partial charge in [-0.05, 0) is 37.5 Å². The molecule has 0 aromatic carbocycles. The highest BCUT2D eigenvalue weighted by atomic mass is 16.3. The summed E-state index contributed by atoms with van der Waals surface area (Å²) >= 11 is 0. The third-order valence-corrected chi connectivity index (χ3v) is 6.04. The van der Waals surface area contributed by atoms with E-state index in [4.69, 9.17) is 0 Å². The second kappa shape index (κ2) is 8.16. The maximum Gasteiger partial charge on any atom is 0.259 e. The zero-order valence-corrected chi connectivity index (χ0v) is 17.2. The minimum absolute atomic E-state index is 0.214. The molecule has 0 aliphatic carbocycles. The zero-order valence-electron chi connectivity index (χ0n) is 17.2. The van der Waals surface area contributed by atoms with E-state index >= 15 is 0 Å². The Morgan fingerprint density at radius 1 is 1.03 bits per heavy atom. The van der Waals surface area contributed by atoms with E-state index in [2.05, 4.69) is 25.2 Å². The fourth-order valence-corrected chi connectivity index (χ4v) is 4.30. The summed E-state index contributed by atoms with van der Waals surface area (Å²) in [5, 5.41) is 23.4. The largest absolute Gasteiger partial charge is 0.393 e. The molecule has 9 nitrogen and oxygen atoms in total. The lowest BCUT2D eigenvalue weighted by Gasteiger charge is -2.31. The number of H-pyrrole nitrogens is 1. The van der Waals surface area contributed by atoms with E-state index in [0.717, 1.165) is 44.0 Å². The van der Waals surface area contributed by atoms with Crippen molar-refractivity contribution in [1.82, 2.24) is 15.0 Å². The number of aromatic nitrogens is 3. The number of anilines is 4. The van der Waals surface area contributed by atoms with Gasteiger partial charge in [0.1, 0.15) is 11.6 Å².